The fourth-order valence-electron chi connectivity index (χ4n) is 1.96. The van der Waals surface area contributed by atoms with Crippen LogP contribution < -0.4 is 5.73 Å². The van der Waals surface area contributed by atoms with Crippen LogP contribution in [0.2, 0.25) is 0 Å². The average Bonchev–Trinajstić information content (AvgIpc) is 2.30. The van der Waals surface area contributed by atoms with Crippen LogP contribution in [0.5, 0.6) is 0 Å². The summed E-state index contributed by atoms with van der Waals surface area (Å²) in [6, 6.07) is 4.88. The van der Waals surface area contributed by atoms with Crippen LogP contribution in [0, 0.1) is 19.7 Å². The minimum atomic E-state index is -0.266. The first-order valence-electron chi connectivity index (χ1n) is 6.30. The molecule has 1 heterocycles. The van der Waals surface area contributed by atoms with E-state index in [1.807, 2.05) is 33.8 Å². The Labute approximate surface area is 112 Å². The molecule has 0 aliphatic carbocycles. The Kier molecular flexibility index (Phi) is 3.51. The Bertz CT molecular complexity index is 601. The molecule has 0 amide bonds. The fourth-order valence-corrected chi connectivity index (χ4v) is 1.96. The number of nitrogens with two attached hydrogens (primary N) is 1. The van der Waals surface area contributed by atoms with Gasteiger partial charge in [-0.2, -0.15) is 0 Å². The number of nitrogen functional groups attached to an aromatic ring is 1. The van der Waals surface area contributed by atoms with Crippen molar-refractivity contribution < 1.29 is 4.39 Å². The first-order valence-corrected chi connectivity index (χ1v) is 6.30. The standard InChI is InChI=1S/C15H18FN3/c1-8(2)15-18-13(10(4)14(17)19-15)11-5-9(3)6-12(16)7-11/h5-8H,1-4H3,(H2,17,18,19). The molecular formula is C15H18FN3. The number of halogens is 1. The van der Waals surface area contributed by atoms with Gasteiger partial charge >= 0.3 is 0 Å². The van der Waals surface area contributed by atoms with Gasteiger partial charge in [-0.15, -0.1) is 0 Å². The van der Waals surface area contributed by atoms with E-state index in [1.165, 1.54) is 12.1 Å². The average molecular weight is 259 g/mol. The maximum atomic E-state index is 13.5. The van der Waals surface area contributed by atoms with Crippen molar-refractivity contribution in [3.05, 3.63) is 41.0 Å². The van der Waals surface area contributed by atoms with Crippen LogP contribution in [0.25, 0.3) is 11.3 Å². The number of nitrogens with zero attached hydrogens (tertiary/aromatic N) is 2. The van der Waals surface area contributed by atoms with Crippen LogP contribution in [0.4, 0.5) is 10.2 Å². The zero-order valence-electron chi connectivity index (χ0n) is 11.7. The zero-order chi connectivity index (χ0) is 14.2. The first-order chi connectivity index (χ1) is 8.88. The summed E-state index contributed by atoms with van der Waals surface area (Å²) in [5.41, 5.74) is 9.02. The lowest BCUT2D eigenvalue weighted by molar-refractivity contribution is 0.627. The molecule has 4 heteroatoms. The second kappa shape index (κ2) is 4.96. The molecule has 0 aliphatic rings. The maximum Gasteiger partial charge on any atom is 0.133 e. The van der Waals surface area contributed by atoms with Gasteiger partial charge in [0, 0.05) is 17.0 Å². The molecule has 3 nitrogen and oxygen atoms in total. The first kappa shape index (κ1) is 13.5. The van der Waals surface area contributed by atoms with Gasteiger partial charge in [-0.25, -0.2) is 14.4 Å². The third-order valence-electron chi connectivity index (χ3n) is 3.03. The molecule has 0 spiro atoms. The summed E-state index contributed by atoms with van der Waals surface area (Å²) in [6.45, 7) is 7.72. The van der Waals surface area contributed by atoms with E-state index in [2.05, 4.69) is 9.97 Å². The number of aromatic nitrogens is 2. The summed E-state index contributed by atoms with van der Waals surface area (Å²) < 4.78 is 13.5. The molecule has 0 fully saturated rings. The Morgan fingerprint density at radius 1 is 1.11 bits per heavy atom. The molecule has 100 valence electrons. The molecule has 19 heavy (non-hydrogen) atoms. The van der Waals surface area contributed by atoms with Gasteiger partial charge in [0.2, 0.25) is 0 Å². The second-order valence-electron chi connectivity index (χ2n) is 5.11. The molecule has 1 aromatic carbocycles. The van der Waals surface area contributed by atoms with Crippen LogP contribution in [0.15, 0.2) is 18.2 Å². The third kappa shape index (κ3) is 2.72. The molecule has 2 aromatic rings. The second-order valence-corrected chi connectivity index (χ2v) is 5.11. The summed E-state index contributed by atoms with van der Waals surface area (Å²) in [5.74, 6) is 1.05. The van der Waals surface area contributed by atoms with E-state index in [0.29, 0.717) is 17.3 Å². The van der Waals surface area contributed by atoms with E-state index in [9.17, 15) is 4.39 Å². The van der Waals surface area contributed by atoms with Gasteiger partial charge in [-0.1, -0.05) is 13.8 Å². The predicted molar refractivity (Wildman–Crippen MR) is 75.4 cm³/mol. The monoisotopic (exact) mass is 259 g/mol. The Balaban J connectivity index is 2.66. The highest BCUT2D eigenvalue weighted by Crippen LogP contribution is 2.27. The highest BCUT2D eigenvalue weighted by molar-refractivity contribution is 5.68. The van der Waals surface area contributed by atoms with Gasteiger partial charge in [-0.05, 0) is 37.6 Å². The van der Waals surface area contributed by atoms with Gasteiger partial charge in [0.15, 0.2) is 0 Å². The van der Waals surface area contributed by atoms with Crippen LogP contribution in [-0.2, 0) is 0 Å². The summed E-state index contributed by atoms with van der Waals surface area (Å²) in [4.78, 5) is 8.80. The van der Waals surface area contributed by atoms with Gasteiger partial charge < -0.3 is 5.73 Å². The largest absolute Gasteiger partial charge is 0.383 e. The molecule has 0 radical (unpaired) electrons. The molecule has 0 saturated heterocycles. The van der Waals surface area contributed by atoms with Gasteiger partial charge in [0.1, 0.15) is 17.5 Å². The lowest BCUT2D eigenvalue weighted by atomic mass is 10.0. The number of hydrogen-bond acceptors (Lipinski definition) is 3. The number of aryl methyl sites for hydroxylation is 1. The molecule has 2 rings (SSSR count). The van der Waals surface area contributed by atoms with E-state index in [-0.39, 0.29) is 11.7 Å². The third-order valence-corrected chi connectivity index (χ3v) is 3.03. The lowest BCUT2D eigenvalue weighted by Crippen LogP contribution is -2.06. The van der Waals surface area contributed by atoms with Crippen LogP contribution >= 0.6 is 0 Å². The SMILES string of the molecule is Cc1cc(F)cc(-c2nc(C(C)C)nc(N)c2C)c1. The normalized spacial score (nSPS) is 11.1. The van der Waals surface area contributed by atoms with E-state index < -0.39 is 0 Å². The topological polar surface area (TPSA) is 51.8 Å². The molecule has 0 aliphatic heterocycles. The van der Waals surface area contributed by atoms with E-state index in [4.69, 9.17) is 5.73 Å². The smallest absolute Gasteiger partial charge is 0.133 e. The van der Waals surface area contributed by atoms with Gasteiger partial charge in [0.25, 0.3) is 0 Å². The Morgan fingerprint density at radius 2 is 1.79 bits per heavy atom. The molecule has 0 atom stereocenters. The number of anilines is 1. The van der Waals surface area contributed by atoms with Crippen molar-refractivity contribution in [2.75, 3.05) is 5.73 Å². The maximum absolute atomic E-state index is 13.5. The summed E-state index contributed by atoms with van der Waals surface area (Å²) in [6.07, 6.45) is 0. The van der Waals surface area contributed by atoms with Crippen molar-refractivity contribution >= 4 is 5.82 Å². The Hall–Kier alpha value is -1.97. The molecule has 1 aromatic heterocycles. The van der Waals surface area contributed by atoms with Crippen molar-refractivity contribution in [2.24, 2.45) is 0 Å². The summed E-state index contributed by atoms with van der Waals surface area (Å²) in [5, 5.41) is 0. The summed E-state index contributed by atoms with van der Waals surface area (Å²) in [7, 11) is 0. The molecule has 0 bridgehead atoms. The molecule has 2 N–H and O–H groups in total. The van der Waals surface area contributed by atoms with Gasteiger partial charge in [-0.3, -0.25) is 0 Å². The molecule has 0 unspecified atom stereocenters. The predicted octanol–water partition coefficient (Wildman–Crippen LogP) is 3.61. The quantitative estimate of drug-likeness (QED) is 0.896. The lowest BCUT2D eigenvalue weighted by Gasteiger charge is -2.12. The Morgan fingerprint density at radius 3 is 2.37 bits per heavy atom. The number of hydrogen-bond donors (Lipinski definition) is 1. The van der Waals surface area contributed by atoms with Gasteiger partial charge in [0.05, 0.1) is 5.69 Å². The van der Waals surface area contributed by atoms with E-state index in [1.54, 1.807) is 0 Å². The van der Waals surface area contributed by atoms with Crippen LogP contribution in [0.1, 0.15) is 36.7 Å². The van der Waals surface area contributed by atoms with Crippen molar-refractivity contribution in [1.29, 1.82) is 0 Å². The highest BCUT2D eigenvalue weighted by atomic mass is 19.1. The van der Waals surface area contributed by atoms with Crippen molar-refractivity contribution in [2.45, 2.75) is 33.6 Å². The highest BCUT2D eigenvalue weighted by Gasteiger charge is 2.13. The van der Waals surface area contributed by atoms with E-state index in [0.717, 1.165) is 16.7 Å². The zero-order valence-corrected chi connectivity index (χ0v) is 11.7. The minimum Gasteiger partial charge on any atom is -0.383 e. The van der Waals surface area contributed by atoms with Crippen LogP contribution in [0.3, 0.4) is 0 Å². The molecular weight excluding hydrogens is 241 g/mol. The van der Waals surface area contributed by atoms with Crippen molar-refractivity contribution in [1.82, 2.24) is 9.97 Å². The van der Waals surface area contributed by atoms with Crippen LogP contribution in [-0.4, -0.2) is 9.97 Å². The summed E-state index contributed by atoms with van der Waals surface area (Å²) >= 11 is 0. The number of benzene rings is 1. The fraction of sp³-hybridized carbons (Fsp3) is 0.333. The molecule has 0 saturated carbocycles. The van der Waals surface area contributed by atoms with Crippen molar-refractivity contribution in [3.8, 4) is 11.3 Å². The minimum absolute atomic E-state index is 0.177. The number of rotatable bonds is 2. The van der Waals surface area contributed by atoms with Crippen molar-refractivity contribution in [3.63, 3.8) is 0 Å². The van der Waals surface area contributed by atoms with E-state index >= 15 is 0 Å².